The van der Waals surface area contributed by atoms with Gasteiger partial charge in [0.1, 0.15) is 17.3 Å². The van der Waals surface area contributed by atoms with Gasteiger partial charge in [0.05, 0.1) is 38.0 Å². The summed E-state index contributed by atoms with van der Waals surface area (Å²) in [4.78, 5) is 15.2. The average Bonchev–Trinajstić information content (AvgIpc) is 3.54. The molecule has 0 saturated carbocycles. The van der Waals surface area contributed by atoms with Gasteiger partial charge in [-0.15, -0.1) is 0 Å². The maximum absolute atomic E-state index is 13.3. The monoisotopic (exact) mass is 470 g/mol. The summed E-state index contributed by atoms with van der Waals surface area (Å²) in [5, 5.41) is 0. The van der Waals surface area contributed by atoms with Crippen molar-refractivity contribution in [3.05, 3.63) is 77.7 Å². The smallest absolute Gasteiger partial charge is 0.254 e. The van der Waals surface area contributed by atoms with E-state index in [1.807, 2.05) is 23.1 Å². The maximum atomic E-state index is 13.3. The van der Waals surface area contributed by atoms with Crippen LogP contribution >= 0.6 is 0 Å². The summed E-state index contributed by atoms with van der Waals surface area (Å²) in [7, 11) is -0.541. The Morgan fingerprint density at radius 1 is 1.12 bits per heavy atom. The molecule has 1 aromatic heterocycles. The molecule has 4 rings (SSSR count). The van der Waals surface area contributed by atoms with E-state index in [0.717, 1.165) is 18.4 Å². The summed E-state index contributed by atoms with van der Waals surface area (Å²) in [5.41, 5.74) is 1.35. The van der Waals surface area contributed by atoms with E-state index in [9.17, 15) is 13.2 Å². The van der Waals surface area contributed by atoms with Crippen molar-refractivity contribution in [3.8, 4) is 11.5 Å². The predicted octanol–water partition coefficient (Wildman–Crippen LogP) is 3.75. The highest BCUT2D eigenvalue weighted by Crippen LogP contribution is 2.39. The van der Waals surface area contributed by atoms with Gasteiger partial charge in [0.2, 0.25) is 10.0 Å². The van der Waals surface area contributed by atoms with Crippen LogP contribution in [-0.4, -0.2) is 40.0 Å². The number of carbonyl (C=O) groups excluding carboxylic acids is 1. The summed E-state index contributed by atoms with van der Waals surface area (Å²) < 4.78 is 43.6. The van der Waals surface area contributed by atoms with Crippen molar-refractivity contribution in [1.29, 1.82) is 0 Å². The van der Waals surface area contributed by atoms with Crippen molar-refractivity contribution in [2.24, 2.45) is 0 Å². The molecule has 1 aliphatic heterocycles. The van der Waals surface area contributed by atoms with Gasteiger partial charge in [0.15, 0.2) is 0 Å². The lowest BCUT2D eigenvalue weighted by Gasteiger charge is -2.26. The van der Waals surface area contributed by atoms with E-state index in [2.05, 4.69) is 4.72 Å². The molecule has 1 fully saturated rings. The normalized spacial score (nSPS) is 16.1. The molecular weight excluding hydrogens is 444 g/mol. The molecule has 1 atom stereocenters. The van der Waals surface area contributed by atoms with Crippen molar-refractivity contribution in [2.75, 3.05) is 20.8 Å². The summed E-state index contributed by atoms with van der Waals surface area (Å²) in [6.45, 7) is 0.665. The van der Waals surface area contributed by atoms with Crippen LogP contribution in [0.3, 0.4) is 0 Å². The van der Waals surface area contributed by atoms with Gasteiger partial charge in [-0.25, -0.2) is 13.1 Å². The first-order valence-corrected chi connectivity index (χ1v) is 12.1. The Bertz CT molecular complexity index is 1210. The Labute approximate surface area is 193 Å². The number of hydrogen-bond donors (Lipinski definition) is 1. The highest BCUT2D eigenvalue weighted by Gasteiger charge is 2.32. The van der Waals surface area contributed by atoms with Crippen LogP contribution in [0.25, 0.3) is 0 Å². The first-order chi connectivity index (χ1) is 15.9. The van der Waals surface area contributed by atoms with Crippen LogP contribution in [0.5, 0.6) is 11.5 Å². The minimum atomic E-state index is -3.73. The number of nitrogens with zero attached hydrogens (tertiary/aromatic N) is 1. The number of nitrogens with one attached hydrogen (secondary N) is 1. The number of rotatable bonds is 8. The van der Waals surface area contributed by atoms with Crippen molar-refractivity contribution in [3.63, 3.8) is 0 Å². The molecule has 8 nitrogen and oxygen atoms in total. The van der Waals surface area contributed by atoms with Gasteiger partial charge in [-0.3, -0.25) is 4.79 Å². The first kappa shape index (κ1) is 22.9. The van der Waals surface area contributed by atoms with E-state index >= 15 is 0 Å². The second kappa shape index (κ2) is 9.68. The lowest BCUT2D eigenvalue weighted by molar-refractivity contribution is 0.0734. The fraction of sp³-hybridized carbons (Fsp3) is 0.292. The first-order valence-electron chi connectivity index (χ1n) is 10.6. The summed E-state index contributed by atoms with van der Waals surface area (Å²) in [6.07, 6.45) is 3.17. The third kappa shape index (κ3) is 4.89. The third-order valence-electron chi connectivity index (χ3n) is 5.74. The van der Waals surface area contributed by atoms with Crippen molar-refractivity contribution in [1.82, 2.24) is 9.62 Å². The number of sulfonamides is 1. The minimum Gasteiger partial charge on any atom is -0.497 e. The molecule has 2 aromatic carbocycles. The van der Waals surface area contributed by atoms with Gasteiger partial charge in [-0.05, 0) is 61.4 Å². The molecule has 1 aliphatic rings. The van der Waals surface area contributed by atoms with E-state index < -0.39 is 10.0 Å². The SMILES string of the molecule is COc1ccc([C@@H]2CCCN2C(=O)c2ccc(S(=O)(=O)NCc3ccco3)cc2)c(OC)c1. The van der Waals surface area contributed by atoms with Crippen LogP contribution in [0.2, 0.25) is 0 Å². The van der Waals surface area contributed by atoms with Gasteiger partial charge in [-0.2, -0.15) is 0 Å². The van der Waals surface area contributed by atoms with Gasteiger partial charge in [-0.1, -0.05) is 0 Å². The number of methoxy groups -OCH3 is 2. The molecule has 0 aliphatic carbocycles. The molecule has 1 amide bonds. The van der Waals surface area contributed by atoms with Crippen LogP contribution in [0, 0.1) is 0 Å². The van der Waals surface area contributed by atoms with E-state index in [-0.39, 0.29) is 23.4 Å². The summed E-state index contributed by atoms with van der Waals surface area (Å²) in [5.74, 6) is 1.72. The van der Waals surface area contributed by atoms with Crippen molar-refractivity contribution >= 4 is 15.9 Å². The second-order valence-corrected chi connectivity index (χ2v) is 9.46. The van der Waals surface area contributed by atoms with Crippen molar-refractivity contribution in [2.45, 2.75) is 30.3 Å². The second-order valence-electron chi connectivity index (χ2n) is 7.69. The lowest BCUT2D eigenvalue weighted by atomic mass is 10.0. The lowest BCUT2D eigenvalue weighted by Crippen LogP contribution is -2.31. The van der Waals surface area contributed by atoms with E-state index in [1.165, 1.54) is 18.4 Å². The zero-order valence-electron chi connectivity index (χ0n) is 18.5. The minimum absolute atomic E-state index is 0.0508. The largest absolute Gasteiger partial charge is 0.497 e. The van der Waals surface area contributed by atoms with E-state index in [1.54, 1.807) is 38.5 Å². The van der Waals surface area contributed by atoms with E-state index in [4.69, 9.17) is 13.9 Å². The standard InChI is InChI=1S/C24H26N2O6S/c1-30-18-9-12-21(23(15-18)31-2)22-6-3-13-26(22)24(27)17-7-10-20(11-8-17)33(28,29)25-16-19-5-4-14-32-19/h4-5,7-12,14-15,22,25H,3,6,13,16H2,1-2H3/t22-/m0/s1. The van der Waals surface area contributed by atoms with Crippen LogP contribution in [0.15, 0.2) is 70.2 Å². The van der Waals surface area contributed by atoms with Gasteiger partial charge >= 0.3 is 0 Å². The zero-order valence-corrected chi connectivity index (χ0v) is 19.3. The number of hydrogen-bond acceptors (Lipinski definition) is 6. The predicted molar refractivity (Wildman–Crippen MR) is 122 cm³/mol. The van der Waals surface area contributed by atoms with Crippen LogP contribution in [0.4, 0.5) is 0 Å². The molecule has 1 saturated heterocycles. The molecule has 0 radical (unpaired) electrons. The molecule has 0 spiro atoms. The molecule has 2 heterocycles. The van der Waals surface area contributed by atoms with Crippen molar-refractivity contribution < 1.29 is 27.1 Å². The van der Waals surface area contributed by atoms with Crippen LogP contribution in [0.1, 0.15) is 40.6 Å². The Hall–Kier alpha value is -3.30. The molecular formula is C24H26N2O6S. The van der Waals surface area contributed by atoms with Crippen LogP contribution in [-0.2, 0) is 16.6 Å². The average molecular weight is 471 g/mol. The quantitative estimate of drug-likeness (QED) is 0.538. The zero-order chi connectivity index (χ0) is 23.4. The molecule has 0 bridgehead atoms. The van der Waals surface area contributed by atoms with Gasteiger partial charge in [0.25, 0.3) is 5.91 Å². The van der Waals surface area contributed by atoms with E-state index in [0.29, 0.717) is 29.4 Å². The fourth-order valence-electron chi connectivity index (χ4n) is 4.03. The number of carbonyl (C=O) groups is 1. The highest BCUT2D eigenvalue weighted by molar-refractivity contribution is 7.89. The number of ether oxygens (including phenoxy) is 2. The summed E-state index contributed by atoms with van der Waals surface area (Å²) >= 11 is 0. The maximum Gasteiger partial charge on any atom is 0.254 e. The highest BCUT2D eigenvalue weighted by atomic mass is 32.2. The summed E-state index contributed by atoms with van der Waals surface area (Å²) in [6, 6.07) is 14.8. The Balaban J connectivity index is 1.51. The molecule has 3 aromatic rings. The number of benzene rings is 2. The Morgan fingerprint density at radius 2 is 1.91 bits per heavy atom. The number of likely N-dealkylation sites (tertiary alicyclic amines) is 1. The van der Waals surface area contributed by atoms with Gasteiger partial charge < -0.3 is 18.8 Å². The number of furan rings is 1. The molecule has 33 heavy (non-hydrogen) atoms. The third-order valence-corrected chi connectivity index (χ3v) is 7.16. The van der Waals surface area contributed by atoms with Gasteiger partial charge in [0, 0.05) is 23.7 Å². The molecule has 174 valence electrons. The Kier molecular flexibility index (Phi) is 6.71. The van der Waals surface area contributed by atoms with Crippen LogP contribution < -0.4 is 14.2 Å². The molecule has 9 heteroatoms. The Morgan fingerprint density at radius 3 is 2.58 bits per heavy atom. The fourth-order valence-corrected chi connectivity index (χ4v) is 5.03. The molecule has 0 unspecified atom stereocenters. The number of amides is 1. The topological polar surface area (TPSA) is 98.1 Å². The molecule has 1 N–H and O–H groups in total.